The first-order valence-electron chi connectivity index (χ1n) is 4.36. The third kappa shape index (κ3) is 5.64. The molecular formula is C9H15BrN4. The van der Waals surface area contributed by atoms with Crippen LogP contribution in [-0.4, -0.2) is 35.3 Å². The molecule has 0 bridgehead atoms. The highest BCUT2D eigenvalue weighted by Crippen LogP contribution is 2.08. The molecule has 0 aliphatic rings. The maximum Gasteiger partial charge on any atom is 0.250 e. The highest BCUT2D eigenvalue weighted by molar-refractivity contribution is 9.10. The quantitative estimate of drug-likeness (QED) is 0.605. The summed E-state index contributed by atoms with van der Waals surface area (Å²) in [5.74, 6) is 0.465. The first-order chi connectivity index (χ1) is 6.68. The maximum atomic E-state index is 4.00. The van der Waals surface area contributed by atoms with Gasteiger partial charge in [-0.1, -0.05) is 13.8 Å². The second kappa shape index (κ2) is 7.44. The Hall–Kier alpha value is -0.970. The van der Waals surface area contributed by atoms with Crippen LogP contribution in [-0.2, 0) is 0 Å². The predicted octanol–water partition coefficient (Wildman–Crippen LogP) is 2.49. The van der Waals surface area contributed by atoms with Crippen molar-refractivity contribution < 1.29 is 0 Å². The first kappa shape index (κ1) is 13.0. The third-order valence-electron chi connectivity index (χ3n) is 1.01. The van der Waals surface area contributed by atoms with E-state index in [9.17, 15) is 0 Å². The molecule has 1 rings (SSSR count). The molecule has 1 aromatic heterocycles. The number of nitrogens with zero attached hydrogens (tertiary/aromatic N) is 4. The second-order valence-corrected chi connectivity index (χ2v) is 3.33. The van der Waals surface area contributed by atoms with Crippen molar-refractivity contribution in [3.8, 4) is 0 Å². The molecule has 0 atom stereocenters. The van der Waals surface area contributed by atoms with Crippen LogP contribution in [0.15, 0.2) is 21.9 Å². The maximum absolute atomic E-state index is 4.00. The number of rotatable bonds is 2. The molecule has 0 saturated carbocycles. The lowest BCUT2D eigenvalue weighted by Gasteiger charge is -2.00. The molecule has 0 N–H and O–H groups in total. The predicted molar refractivity (Wildman–Crippen MR) is 62.9 cm³/mol. The van der Waals surface area contributed by atoms with Crippen molar-refractivity contribution in [2.75, 3.05) is 14.1 Å². The number of halogens is 1. The Kier molecular flexibility index (Phi) is 6.92. The zero-order valence-corrected chi connectivity index (χ0v) is 10.5. The summed E-state index contributed by atoms with van der Waals surface area (Å²) in [5.41, 5.74) is 0. The summed E-state index contributed by atoms with van der Waals surface area (Å²) < 4.78 is 0.853. The lowest BCUT2D eigenvalue weighted by Crippen LogP contribution is -2.07. The SMILES string of the molecule is CC.CN(C)C=Nc1ncc(Br)cn1. The molecule has 1 aromatic rings. The van der Waals surface area contributed by atoms with Crippen molar-refractivity contribution in [3.05, 3.63) is 16.9 Å². The zero-order chi connectivity index (χ0) is 11.0. The fourth-order valence-electron chi connectivity index (χ4n) is 0.539. The van der Waals surface area contributed by atoms with Gasteiger partial charge in [0.05, 0.1) is 10.8 Å². The van der Waals surface area contributed by atoms with Crippen LogP contribution in [0.25, 0.3) is 0 Å². The Bertz CT molecular complexity index is 269. The molecule has 0 radical (unpaired) electrons. The fourth-order valence-corrected chi connectivity index (χ4v) is 0.744. The van der Waals surface area contributed by atoms with E-state index < -0.39 is 0 Å². The van der Waals surface area contributed by atoms with E-state index in [0.29, 0.717) is 5.95 Å². The summed E-state index contributed by atoms with van der Waals surface area (Å²) >= 11 is 3.24. The standard InChI is InChI=1S/C7H9BrN4.C2H6/c1-12(2)5-11-7-9-3-6(8)4-10-7;1-2/h3-5H,1-2H3;1-2H3. The molecular weight excluding hydrogens is 244 g/mol. The van der Waals surface area contributed by atoms with Gasteiger partial charge in [0, 0.05) is 26.5 Å². The van der Waals surface area contributed by atoms with Crippen molar-refractivity contribution in [3.63, 3.8) is 0 Å². The van der Waals surface area contributed by atoms with Crippen molar-refractivity contribution in [2.45, 2.75) is 13.8 Å². The van der Waals surface area contributed by atoms with Crippen LogP contribution in [0.4, 0.5) is 5.95 Å². The van der Waals surface area contributed by atoms with Gasteiger partial charge in [0.2, 0.25) is 0 Å². The highest BCUT2D eigenvalue weighted by atomic mass is 79.9. The van der Waals surface area contributed by atoms with E-state index in [2.05, 4.69) is 30.9 Å². The summed E-state index contributed by atoms with van der Waals surface area (Å²) in [7, 11) is 3.78. The van der Waals surface area contributed by atoms with E-state index in [-0.39, 0.29) is 0 Å². The largest absolute Gasteiger partial charge is 0.369 e. The minimum absolute atomic E-state index is 0.465. The molecule has 0 aliphatic carbocycles. The Balaban J connectivity index is 0.000000791. The second-order valence-electron chi connectivity index (χ2n) is 2.41. The van der Waals surface area contributed by atoms with E-state index in [1.807, 2.05) is 32.8 Å². The fraction of sp³-hybridized carbons (Fsp3) is 0.444. The van der Waals surface area contributed by atoms with Crippen LogP contribution in [0, 0.1) is 0 Å². The van der Waals surface area contributed by atoms with Gasteiger partial charge in [0.25, 0.3) is 5.95 Å². The van der Waals surface area contributed by atoms with Crippen molar-refractivity contribution >= 4 is 28.2 Å². The summed E-state index contributed by atoms with van der Waals surface area (Å²) in [6.45, 7) is 4.00. The number of aliphatic imine (C=N–C) groups is 1. The van der Waals surface area contributed by atoms with Gasteiger partial charge < -0.3 is 4.90 Å². The Morgan fingerprint density at radius 2 is 1.79 bits per heavy atom. The van der Waals surface area contributed by atoms with Gasteiger partial charge in [-0.25, -0.2) is 15.0 Å². The molecule has 0 aromatic carbocycles. The van der Waals surface area contributed by atoms with E-state index in [0.717, 1.165) is 4.47 Å². The summed E-state index contributed by atoms with van der Waals surface area (Å²) in [6.07, 6.45) is 4.98. The van der Waals surface area contributed by atoms with Crippen molar-refractivity contribution in [2.24, 2.45) is 4.99 Å². The van der Waals surface area contributed by atoms with E-state index >= 15 is 0 Å². The summed E-state index contributed by atoms with van der Waals surface area (Å²) in [4.78, 5) is 13.8. The van der Waals surface area contributed by atoms with Crippen LogP contribution in [0.5, 0.6) is 0 Å². The third-order valence-corrected chi connectivity index (χ3v) is 1.42. The molecule has 0 aliphatic heterocycles. The van der Waals surface area contributed by atoms with Gasteiger partial charge in [-0.3, -0.25) is 0 Å². The van der Waals surface area contributed by atoms with Crippen LogP contribution < -0.4 is 0 Å². The highest BCUT2D eigenvalue weighted by Gasteiger charge is 1.90. The van der Waals surface area contributed by atoms with Crippen LogP contribution in [0.2, 0.25) is 0 Å². The van der Waals surface area contributed by atoms with E-state index in [1.54, 1.807) is 18.7 Å². The summed E-state index contributed by atoms with van der Waals surface area (Å²) in [6, 6.07) is 0. The van der Waals surface area contributed by atoms with Gasteiger partial charge in [-0.15, -0.1) is 0 Å². The molecule has 0 unspecified atom stereocenters. The molecule has 0 saturated heterocycles. The van der Waals surface area contributed by atoms with E-state index in [4.69, 9.17) is 0 Å². The number of hydrogen-bond acceptors (Lipinski definition) is 3. The average molecular weight is 259 g/mol. The van der Waals surface area contributed by atoms with Gasteiger partial charge in [0.15, 0.2) is 0 Å². The monoisotopic (exact) mass is 258 g/mol. The van der Waals surface area contributed by atoms with Crippen molar-refractivity contribution in [1.29, 1.82) is 0 Å². The Morgan fingerprint density at radius 1 is 1.29 bits per heavy atom. The van der Waals surface area contributed by atoms with Crippen LogP contribution in [0.3, 0.4) is 0 Å². The Morgan fingerprint density at radius 3 is 2.21 bits per heavy atom. The lowest BCUT2D eigenvalue weighted by atomic mass is 10.7. The lowest BCUT2D eigenvalue weighted by molar-refractivity contribution is 0.642. The molecule has 5 heteroatoms. The topological polar surface area (TPSA) is 41.4 Å². The minimum atomic E-state index is 0.465. The smallest absolute Gasteiger partial charge is 0.250 e. The molecule has 14 heavy (non-hydrogen) atoms. The molecule has 78 valence electrons. The first-order valence-corrected chi connectivity index (χ1v) is 5.16. The van der Waals surface area contributed by atoms with Crippen LogP contribution in [0.1, 0.15) is 13.8 Å². The zero-order valence-electron chi connectivity index (χ0n) is 8.90. The Labute approximate surface area is 93.2 Å². The number of hydrogen-bond donors (Lipinski definition) is 0. The van der Waals surface area contributed by atoms with Crippen LogP contribution >= 0.6 is 15.9 Å². The van der Waals surface area contributed by atoms with Gasteiger partial charge in [0.1, 0.15) is 0 Å². The molecule has 4 nitrogen and oxygen atoms in total. The van der Waals surface area contributed by atoms with Gasteiger partial charge in [-0.05, 0) is 15.9 Å². The minimum Gasteiger partial charge on any atom is -0.369 e. The summed E-state index contributed by atoms with van der Waals surface area (Å²) in [5, 5.41) is 0. The number of aromatic nitrogens is 2. The molecule has 1 heterocycles. The van der Waals surface area contributed by atoms with Gasteiger partial charge >= 0.3 is 0 Å². The van der Waals surface area contributed by atoms with Crippen molar-refractivity contribution in [1.82, 2.24) is 14.9 Å². The molecule has 0 amide bonds. The normalized spacial score (nSPS) is 9.50. The molecule has 0 fully saturated rings. The van der Waals surface area contributed by atoms with Gasteiger partial charge in [-0.2, -0.15) is 0 Å². The molecule has 0 spiro atoms. The average Bonchev–Trinajstić information content (AvgIpc) is 2.20. The van der Waals surface area contributed by atoms with E-state index in [1.165, 1.54) is 0 Å².